The van der Waals surface area contributed by atoms with Crippen LogP contribution in [-0.2, 0) is 23.7 Å². The summed E-state index contributed by atoms with van der Waals surface area (Å²) in [5, 5.41) is 8.15. The molecule has 0 saturated heterocycles. The fourth-order valence-electron chi connectivity index (χ4n) is 2.79. The van der Waals surface area contributed by atoms with E-state index in [0.29, 0.717) is 17.7 Å². The fraction of sp³-hybridized carbons (Fsp3) is 0.278. The summed E-state index contributed by atoms with van der Waals surface area (Å²) < 4.78 is 78.0. The first-order chi connectivity index (χ1) is 12.9. The van der Waals surface area contributed by atoms with Gasteiger partial charge in [-0.1, -0.05) is 35.1 Å². The summed E-state index contributed by atoms with van der Waals surface area (Å²) in [6.45, 7) is 1.84. The minimum Gasteiger partial charge on any atom is -0.270 e. The highest BCUT2D eigenvalue weighted by Crippen LogP contribution is 2.39. The lowest BCUT2D eigenvalue weighted by molar-refractivity contribution is -0.143. The second-order valence-corrected chi connectivity index (χ2v) is 6.33. The Kier molecular flexibility index (Phi) is 4.90. The maximum atomic E-state index is 13.0. The SMILES string of the molecule is Cc1cccc(CN2N=NC(c3cc(C(F)(F)F)cc(C(F)(F)F)c3)C2=O)c1. The molecule has 1 atom stereocenters. The lowest BCUT2D eigenvalue weighted by atomic mass is 9.99. The Morgan fingerprint density at radius 3 is 2.11 bits per heavy atom. The molecule has 0 spiro atoms. The number of carbonyl (C=O) groups is 1. The molecule has 2 aromatic carbocycles. The molecule has 0 aliphatic carbocycles. The third kappa shape index (κ3) is 4.15. The van der Waals surface area contributed by atoms with Crippen molar-refractivity contribution >= 4 is 5.91 Å². The molecule has 1 aliphatic rings. The average molecular weight is 401 g/mol. The molecular formula is C18H13F6N3O. The van der Waals surface area contributed by atoms with Gasteiger partial charge in [-0.25, -0.2) is 5.01 Å². The Bertz CT molecular complexity index is 903. The highest BCUT2D eigenvalue weighted by molar-refractivity contribution is 5.84. The van der Waals surface area contributed by atoms with E-state index in [1.165, 1.54) is 0 Å². The van der Waals surface area contributed by atoms with Crippen LogP contribution in [0.3, 0.4) is 0 Å². The van der Waals surface area contributed by atoms with Gasteiger partial charge in [-0.2, -0.15) is 31.5 Å². The second-order valence-electron chi connectivity index (χ2n) is 6.33. The Labute approximate surface area is 155 Å². The molecule has 0 aromatic heterocycles. The van der Waals surface area contributed by atoms with Crippen LogP contribution in [0.25, 0.3) is 0 Å². The molecule has 3 rings (SSSR count). The van der Waals surface area contributed by atoms with Crippen LogP contribution in [0.5, 0.6) is 0 Å². The lowest BCUT2D eigenvalue weighted by Crippen LogP contribution is -2.25. The number of hydrogen-bond donors (Lipinski definition) is 0. The van der Waals surface area contributed by atoms with Crippen LogP contribution in [-0.4, -0.2) is 10.9 Å². The van der Waals surface area contributed by atoms with Gasteiger partial charge >= 0.3 is 12.4 Å². The largest absolute Gasteiger partial charge is 0.416 e. The monoisotopic (exact) mass is 401 g/mol. The van der Waals surface area contributed by atoms with Crippen molar-refractivity contribution in [1.29, 1.82) is 0 Å². The normalized spacial score (nSPS) is 17.5. The molecule has 0 saturated carbocycles. The van der Waals surface area contributed by atoms with Gasteiger partial charge in [0.25, 0.3) is 5.91 Å². The highest BCUT2D eigenvalue weighted by atomic mass is 19.4. The number of aryl methyl sites for hydroxylation is 1. The van der Waals surface area contributed by atoms with Gasteiger partial charge in [0.05, 0.1) is 17.7 Å². The van der Waals surface area contributed by atoms with Gasteiger partial charge in [0, 0.05) is 0 Å². The Hall–Kier alpha value is -2.91. The van der Waals surface area contributed by atoms with Gasteiger partial charge in [0.2, 0.25) is 0 Å². The van der Waals surface area contributed by atoms with Crippen LogP contribution < -0.4 is 0 Å². The Morgan fingerprint density at radius 2 is 1.57 bits per heavy atom. The lowest BCUT2D eigenvalue weighted by Gasteiger charge is -2.16. The molecule has 1 heterocycles. The van der Waals surface area contributed by atoms with Crippen LogP contribution >= 0.6 is 0 Å². The predicted octanol–water partition coefficient (Wildman–Crippen LogP) is 5.48. The van der Waals surface area contributed by atoms with Crippen LogP contribution in [0.2, 0.25) is 0 Å². The smallest absolute Gasteiger partial charge is 0.270 e. The summed E-state index contributed by atoms with van der Waals surface area (Å²) in [7, 11) is 0. The van der Waals surface area contributed by atoms with Crippen molar-refractivity contribution in [1.82, 2.24) is 5.01 Å². The molecule has 1 aliphatic heterocycles. The first-order valence-corrected chi connectivity index (χ1v) is 8.02. The first-order valence-electron chi connectivity index (χ1n) is 8.02. The molecule has 2 aromatic rings. The van der Waals surface area contributed by atoms with E-state index >= 15 is 0 Å². The van der Waals surface area contributed by atoms with Crippen LogP contribution in [0.1, 0.15) is 33.9 Å². The summed E-state index contributed by atoms with van der Waals surface area (Å²) in [6.07, 6.45) is -10.0. The predicted molar refractivity (Wildman–Crippen MR) is 85.8 cm³/mol. The van der Waals surface area contributed by atoms with Gasteiger partial charge < -0.3 is 0 Å². The minimum absolute atomic E-state index is 0.00455. The van der Waals surface area contributed by atoms with E-state index in [-0.39, 0.29) is 12.6 Å². The van der Waals surface area contributed by atoms with Gasteiger partial charge in [-0.05, 0) is 36.2 Å². The topological polar surface area (TPSA) is 45.0 Å². The summed E-state index contributed by atoms with van der Waals surface area (Å²) in [5.41, 5.74) is -1.89. The van der Waals surface area contributed by atoms with Gasteiger partial charge in [0.1, 0.15) is 0 Å². The number of alkyl halides is 6. The van der Waals surface area contributed by atoms with Crippen LogP contribution in [0.15, 0.2) is 52.8 Å². The zero-order valence-electron chi connectivity index (χ0n) is 14.3. The van der Waals surface area contributed by atoms with Crippen molar-refractivity contribution < 1.29 is 31.1 Å². The van der Waals surface area contributed by atoms with E-state index in [2.05, 4.69) is 10.3 Å². The molecular weight excluding hydrogens is 388 g/mol. The van der Waals surface area contributed by atoms with Crippen molar-refractivity contribution in [3.8, 4) is 0 Å². The third-order valence-corrected chi connectivity index (χ3v) is 4.10. The zero-order valence-corrected chi connectivity index (χ0v) is 14.3. The zero-order chi connectivity index (χ0) is 20.7. The number of halogens is 6. The highest BCUT2D eigenvalue weighted by Gasteiger charge is 2.40. The molecule has 148 valence electrons. The first kappa shape index (κ1) is 19.8. The molecule has 4 nitrogen and oxygen atoms in total. The summed E-state index contributed by atoms with van der Waals surface area (Å²) in [6, 6.07) is 6.51. The number of amides is 1. The number of nitrogens with zero attached hydrogens (tertiary/aromatic N) is 3. The number of hydrogen-bond acceptors (Lipinski definition) is 3. The standard InChI is InChI=1S/C18H13F6N3O/c1-10-3-2-4-11(5-10)9-27-16(28)15(25-26-27)12-6-13(17(19,20)21)8-14(7-12)18(22,23)24/h2-8,15H,9H2,1H3. The van der Waals surface area contributed by atoms with E-state index in [0.717, 1.165) is 10.6 Å². The Morgan fingerprint density at radius 1 is 0.964 bits per heavy atom. The Balaban J connectivity index is 1.91. The van der Waals surface area contributed by atoms with Crippen molar-refractivity contribution in [3.63, 3.8) is 0 Å². The average Bonchev–Trinajstić information content (AvgIpc) is 2.94. The van der Waals surface area contributed by atoms with E-state index in [1.54, 1.807) is 18.2 Å². The maximum absolute atomic E-state index is 13.0. The minimum atomic E-state index is -5.00. The maximum Gasteiger partial charge on any atom is 0.416 e. The number of rotatable bonds is 3. The van der Waals surface area contributed by atoms with Crippen molar-refractivity contribution in [2.75, 3.05) is 0 Å². The molecule has 0 fully saturated rings. The molecule has 0 radical (unpaired) electrons. The van der Waals surface area contributed by atoms with Gasteiger partial charge in [0.15, 0.2) is 6.04 Å². The van der Waals surface area contributed by atoms with Crippen molar-refractivity contribution in [2.45, 2.75) is 31.9 Å². The molecule has 0 N–H and O–H groups in total. The fourth-order valence-corrected chi connectivity index (χ4v) is 2.79. The summed E-state index contributed by atoms with van der Waals surface area (Å²) in [4.78, 5) is 12.5. The molecule has 1 unspecified atom stereocenters. The van der Waals surface area contributed by atoms with Gasteiger partial charge in [-0.15, -0.1) is 0 Å². The number of carbonyl (C=O) groups excluding carboxylic acids is 1. The molecule has 10 heteroatoms. The van der Waals surface area contributed by atoms with Crippen LogP contribution in [0.4, 0.5) is 26.3 Å². The van der Waals surface area contributed by atoms with E-state index in [9.17, 15) is 31.1 Å². The van der Waals surface area contributed by atoms with Crippen LogP contribution in [0, 0.1) is 6.92 Å². The number of benzene rings is 2. The molecule has 0 bridgehead atoms. The van der Waals surface area contributed by atoms with E-state index in [1.807, 2.05) is 13.0 Å². The van der Waals surface area contributed by atoms with Crippen molar-refractivity contribution in [2.24, 2.45) is 10.3 Å². The second kappa shape index (κ2) is 6.92. The summed E-state index contributed by atoms with van der Waals surface area (Å²) in [5.74, 6) is -0.797. The molecule has 28 heavy (non-hydrogen) atoms. The third-order valence-electron chi connectivity index (χ3n) is 4.10. The van der Waals surface area contributed by atoms with Crippen molar-refractivity contribution in [3.05, 3.63) is 70.3 Å². The molecule has 1 amide bonds. The quantitative estimate of drug-likeness (QED) is 0.628. The summed E-state index contributed by atoms with van der Waals surface area (Å²) >= 11 is 0. The van der Waals surface area contributed by atoms with E-state index in [4.69, 9.17) is 0 Å². The van der Waals surface area contributed by atoms with Gasteiger partial charge in [-0.3, -0.25) is 4.79 Å². The van der Waals surface area contributed by atoms with E-state index < -0.39 is 41.0 Å².